The summed E-state index contributed by atoms with van der Waals surface area (Å²) in [5.41, 5.74) is 6.50. The largest absolute Gasteiger partial charge is 0.0620 e. The summed E-state index contributed by atoms with van der Waals surface area (Å²) in [5, 5.41) is 0. The maximum atomic E-state index is 2.44. The fraction of sp³-hybridized carbons (Fsp3) is 0.455. The van der Waals surface area contributed by atoms with E-state index in [1.807, 2.05) is 0 Å². The SMILES string of the molecule is CC(C)(C)c1ccccc1C1(C)CC(C)(C)c2ccccc21. The molecule has 0 aromatic heterocycles. The van der Waals surface area contributed by atoms with Crippen molar-refractivity contribution in [2.24, 2.45) is 0 Å². The van der Waals surface area contributed by atoms with E-state index in [-0.39, 0.29) is 16.2 Å². The van der Waals surface area contributed by atoms with Gasteiger partial charge in [-0.2, -0.15) is 0 Å². The van der Waals surface area contributed by atoms with E-state index in [1.165, 1.54) is 28.7 Å². The molecule has 0 amide bonds. The van der Waals surface area contributed by atoms with Crippen LogP contribution in [-0.4, -0.2) is 0 Å². The first-order chi connectivity index (χ1) is 10.2. The summed E-state index contributed by atoms with van der Waals surface area (Å²) < 4.78 is 0. The highest BCUT2D eigenvalue weighted by Gasteiger charge is 2.46. The van der Waals surface area contributed by atoms with Crippen molar-refractivity contribution < 1.29 is 0 Å². The average molecular weight is 292 g/mol. The predicted octanol–water partition coefficient (Wildman–Crippen LogP) is 5.97. The van der Waals surface area contributed by atoms with Crippen molar-refractivity contribution in [2.45, 2.75) is 64.2 Å². The lowest BCUT2D eigenvalue weighted by Crippen LogP contribution is -2.28. The Bertz CT molecular complexity index is 700. The molecule has 0 fully saturated rings. The van der Waals surface area contributed by atoms with Gasteiger partial charge in [-0.05, 0) is 39.5 Å². The first-order valence-corrected chi connectivity index (χ1v) is 8.36. The van der Waals surface area contributed by atoms with Gasteiger partial charge in [0, 0.05) is 5.41 Å². The standard InChI is InChI=1S/C22H28/c1-20(2,3)16-11-7-9-13-18(16)22(6)15-21(4,5)17-12-8-10-14-19(17)22/h7-14H,15H2,1-6H3. The van der Waals surface area contributed by atoms with Crippen LogP contribution in [0.4, 0.5) is 0 Å². The highest BCUT2D eigenvalue weighted by atomic mass is 14.5. The highest BCUT2D eigenvalue weighted by molar-refractivity contribution is 5.54. The molecule has 0 saturated heterocycles. The zero-order valence-electron chi connectivity index (χ0n) is 14.8. The van der Waals surface area contributed by atoms with Gasteiger partial charge >= 0.3 is 0 Å². The van der Waals surface area contributed by atoms with Crippen LogP contribution < -0.4 is 0 Å². The fourth-order valence-electron chi connectivity index (χ4n) is 4.49. The summed E-state index contributed by atoms with van der Waals surface area (Å²) in [4.78, 5) is 0. The van der Waals surface area contributed by atoms with Crippen molar-refractivity contribution in [1.29, 1.82) is 0 Å². The van der Waals surface area contributed by atoms with Gasteiger partial charge in [0.2, 0.25) is 0 Å². The first-order valence-electron chi connectivity index (χ1n) is 8.36. The number of rotatable bonds is 1. The van der Waals surface area contributed by atoms with Crippen LogP contribution in [0.25, 0.3) is 0 Å². The van der Waals surface area contributed by atoms with Gasteiger partial charge in [-0.3, -0.25) is 0 Å². The zero-order valence-corrected chi connectivity index (χ0v) is 14.8. The minimum atomic E-state index is 0.101. The Labute approximate surface area is 135 Å². The van der Waals surface area contributed by atoms with Gasteiger partial charge < -0.3 is 0 Å². The summed E-state index contributed by atoms with van der Waals surface area (Å²) >= 11 is 0. The molecule has 0 nitrogen and oxygen atoms in total. The molecule has 2 aromatic carbocycles. The molecule has 2 aromatic rings. The van der Waals surface area contributed by atoms with E-state index in [4.69, 9.17) is 0 Å². The third kappa shape index (κ3) is 2.20. The molecule has 1 aliphatic rings. The van der Waals surface area contributed by atoms with Crippen LogP contribution in [0.5, 0.6) is 0 Å². The Morgan fingerprint density at radius 3 is 1.82 bits per heavy atom. The minimum Gasteiger partial charge on any atom is -0.0620 e. The number of fused-ring (bicyclic) bond motifs is 1. The van der Waals surface area contributed by atoms with Crippen LogP contribution >= 0.6 is 0 Å². The normalized spacial score (nSPS) is 23.4. The van der Waals surface area contributed by atoms with Crippen LogP contribution in [0.15, 0.2) is 48.5 Å². The van der Waals surface area contributed by atoms with Crippen LogP contribution in [-0.2, 0) is 16.2 Å². The third-order valence-corrected chi connectivity index (χ3v) is 5.38. The van der Waals surface area contributed by atoms with E-state index in [0.29, 0.717) is 0 Å². The summed E-state index contributed by atoms with van der Waals surface area (Å²) in [7, 11) is 0. The van der Waals surface area contributed by atoms with E-state index in [9.17, 15) is 0 Å². The third-order valence-electron chi connectivity index (χ3n) is 5.38. The van der Waals surface area contributed by atoms with E-state index in [0.717, 1.165) is 0 Å². The molecule has 0 heteroatoms. The van der Waals surface area contributed by atoms with Crippen molar-refractivity contribution in [3.05, 3.63) is 70.8 Å². The van der Waals surface area contributed by atoms with Gasteiger partial charge in [0.05, 0.1) is 0 Å². The van der Waals surface area contributed by atoms with E-state index in [2.05, 4.69) is 90.1 Å². The molecule has 22 heavy (non-hydrogen) atoms. The van der Waals surface area contributed by atoms with Crippen molar-refractivity contribution in [2.75, 3.05) is 0 Å². The Hall–Kier alpha value is -1.56. The van der Waals surface area contributed by atoms with Crippen molar-refractivity contribution in [3.8, 4) is 0 Å². The average Bonchev–Trinajstić information content (AvgIpc) is 2.67. The second-order valence-corrected chi connectivity index (χ2v) is 8.73. The molecule has 0 bridgehead atoms. The minimum absolute atomic E-state index is 0.101. The Morgan fingerprint density at radius 2 is 1.23 bits per heavy atom. The molecule has 1 unspecified atom stereocenters. The molecular weight excluding hydrogens is 264 g/mol. The Morgan fingerprint density at radius 1 is 0.727 bits per heavy atom. The molecule has 0 radical (unpaired) electrons. The van der Waals surface area contributed by atoms with Crippen LogP contribution in [0.2, 0.25) is 0 Å². The predicted molar refractivity (Wildman–Crippen MR) is 95.7 cm³/mol. The van der Waals surface area contributed by atoms with Gasteiger partial charge in [0.1, 0.15) is 0 Å². The molecule has 0 saturated carbocycles. The highest BCUT2D eigenvalue weighted by Crippen LogP contribution is 2.54. The van der Waals surface area contributed by atoms with Crippen molar-refractivity contribution in [1.82, 2.24) is 0 Å². The number of hydrogen-bond acceptors (Lipinski definition) is 0. The van der Waals surface area contributed by atoms with Crippen LogP contribution in [0, 0.1) is 0 Å². The molecule has 0 spiro atoms. The van der Waals surface area contributed by atoms with Gasteiger partial charge in [0.15, 0.2) is 0 Å². The molecule has 1 aliphatic carbocycles. The zero-order chi connectivity index (χ0) is 16.2. The smallest absolute Gasteiger partial charge is 0.0188 e. The molecule has 0 heterocycles. The molecule has 3 rings (SSSR count). The maximum Gasteiger partial charge on any atom is 0.0188 e. The summed E-state index contributed by atoms with van der Waals surface area (Å²) in [6.07, 6.45) is 1.17. The monoisotopic (exact) mass is 292 g/mol. The lowest BCUT2D eigenvalue weighted by atomic mass is 9.69. The van der Waals surface area contributed by atoms with Gasteiger partial charge in [0.25, 0.3) is 0 Å². The maximum absolute atomic E-state index is 2.44. The summed E-state index contributed by atoms with van der Waals surface area (Å²) in [6, 6.07) is 18.1. The van der Waals surface area contributed by atoms with Crippen LogP contribution in [0.1, 0.15) is 70.2 Å². The number of benzene rings is 2. The Balaban J connectivity index is 2.26. The lowest BCUT2D eigenvalue weighted by Gasteiger charge is -2.34. The molecular formula is C22H28. The quantitative estimate of drug-likeness (QED) is 0.607. The van der Waals surface area contributed by atoms with E-state index >= 15 is 0 Å². The van der Waals surface area contributed by atoms with Gasteiger partial charge in [-0.25, -0.2) is 0 Å². The van der Waals surface area contributed by atoms with Crippen molar-refractivity contribution >= 4 is 0 Å². The molecule has 0 aliphatic heterocycles. The van der Waals surface area contributed by atoms with Crippen molar-refractivity contribution in [3.63, 3.8) is 0 Å². The Kier molecular flexibility index (Phi) is 3.29. The van der Waals surface area contributed by atoms with Gasteiger partial charge in [-0.1, -0.05) is 90.1 Å². The summed E-state index contributed by atoms with van der Waals surface area (Å²) in [6.45, 7) is 14.2. The number of hydrogen-bond donors (Lipinski definition) is 0. The molecule has 1 atom stereocenters. The van der Waals surface area contributed by atoms with E-state index in [1.54, 1.807) is 0 Å². The summed E-state index contributed by atoms with van der Waals surface area (Å²) in [5.74, 6) is 0. The fourth-order valence-corrected chi connectivity index (χ4v) is 4.49. The topological polar surface area (TPSA) is 0 Å². The lowest BCUT2D eigenvalue weighted by molar-refractivity contribution is 0.417. The van der Waals surface area contributed by atoms with Crippen LogP contribution in [0.3, 0.4) is 0 Å². The molecule has 0 N–H and O–H groups in total. The van der Waals surface area contributed by atoms with E-state index < -0.39 is 0 Å². The second-order valence-electron chi connectivity index (χ2n) is 8.73. The first kappa shape index (κ1) is 15.3. The molecule has 116 valence electrons. The van der Waals surface area contributed by atoms with Gasteiger partial charge in [-0.15, -0.1) is 0 Å². The second kappa shape index (κ2) is 4.72.